The molecule has 4 rings (SSSR count). The van der Waals surface area contributed by atoms with Crippen LogP contribution in [-0.2, 0) is 13.0 Å². The lowest BCUT2D eigenvalue weighted by molar-refractivity contribution is 0.164. The summed E-state index contributed by atoms with van der Waals surface area (Å²) < 4.78 is 18.1. The van der Waals surface area contributed by atoms with E-state index < -0.39 is 0 Å². The molecule has 0 unspecified atom stereocenters. The van der Waals surface area contributed by atoms with Crippen molar-refractivity contribution in [3.05, 3.63) is 53.9 Å². The van der Waals surface area contributed by atoms with Crippen molar-refractivity contribution in [1.82, 2.24) is 25.1 Å². The van der Waals surface area contributed by atoms with Crippen LogP contribution in [0.25, 0.3) is 0 Å². The highest BCUT2D eigenvalue weighted by Crippen LogP contribution is 2.29. The van der Waals surface area contributed by atoms with Gasteiger partial charge in [-0.2, -0.15) is 0 Å². The maximum Gasteiger partial charge on any atom is 0.168 e. The van der Waals surface area contributed by atoms with Gasteiger partial charge in [-0.1, -0.05) is 19.4 Å². The number of anilines is 1. The van der Waals surface area contributed by atoms with Crippen LogP contribution in [0.5, 0.6) is 17.2 Å². The van der Waals surface area contributed by atoms with Gasteiger partial charge in [0.1, 0.15) is 5.75 Å². The van der Waals surface area contributed by atoms with Crippen molar-refractivity contribution in [3.8, 4) is 17.2 Å². The molecule has 1 atom stereocenters. The Kier molecular flexibility index (Phi) is 8.41. The Hall–Kier alpha value is -3.33. The van der Waals surface area contributed by atoms with E-state index in [1.54, 1.807) is 21.3 Å². The minimum Gasteiger partial charge on any atom is -0.497 e. The van der Waals surface area contributed by atoms with Gasteiger partial charge in [-0.3, -0.25) is 4.90 Å². The van der Waals surface area contributed by atoms with Crippen LogP contribution in [0.2, 0.25) is 0 Å². The van der Waals surface area contributed by atoms with Crippen LogP contribution in [-0.4, -0.2) is 72.6 Å². The van der Waals surface area contributed by atoms with E-state index in [4.69, 9.17) is 14.2 Å². The normalized spacial score (nSPS) is 15.1. The highest BCUT2D eigenvalue weighted by Gasteiger charge is 2.28. The van der Waals surface area contributed by atoms with Gasteiger partial charge in [0.15, 0.2) is 17.3 Å². The van der Waals surface area contributed by atoms with Crippen LogP contribution in [0.3, 0.4) is 0 Å². The molecule has 2 heterocycles. The lowest BCUT2D eigenvalue weighted by Crippen LogP contribution is -2.48. The Bertz CT molecular complexity index is 1060. The first kappa shape index (κ1) is 24.8. The fourth-order valence-corrected chi connectivity index (χ4v) is 4.71. The number of hydrogen-bond acceptors (Lipinski definition) is 8. The highest BCUT2D eigenvalue weighted by molar-refractivity contribution is 5.49. The van der Waals surface area contributed by atoms with Crippen LogP contribution < -0.4 is 19.1 Å². The molecule has 9 nitrogen and oxygen atoms in total. The van der Waals surface area contributed by atoms with Crippen molar-refractivity contribution in [2.75, 3.05) is 52.4 Å². The largest absolute Gasteiger partial charge is 0.497 e. The van der Waals surface area contributed by atoms with Crippen LogP contribution in [0.1, 0.15) is 37.2 Å². The quantitative estimate of drug-likeness (QED) is 0.412. The minimum atomic E-state index is 0.207. The van der Waals surface area contributed by atoms with E-state index in [1.807, 2.05) is 28.9 Å². The molecule has 0 aliphatic carbocycles. The first-order valence-electron chi connectivity index (χ1n) is 12.3. The molecule has 2 aromatic carbocycles. The van der Waals surface area contributed by atoms with E-state index in [0.29, 0.717) is 6.54 Å². The number of rotatable bonds is 11. The minimum absolute atomic E-state index is 0.207. The molecule has 0 saturated carbocycles. The van der Waals surface area contributed by atoms with Gasteiger partial charge in [-0.05, 0) is 65.2 Å². The molecule has 1 aromatic heterocycles. The summed E-state index contributed by atoms with van der Waals surface area (Å²) in [5, 5.41) is 12.8. The molecule has 9 heteroatoms. The van der Waals surface area contributed by atoms with E-state index >= 15 is 0 Å². The number of tetrazole rings is 1. The molecule has 0 amide bonds. The molecular formula is C26H36N6O3. The summed E-state index contributed by atoms with van der Waals surface area (Å²) in [7, 11) is 5.00. The number of benzene rings is 2. The van der Waals surface area contributed by atoms with Gasteiger partial charge in [-0.25, -0.2) is 4.68 Å². The van der Waals surface area contributed by atoms with Crippen LogP contribution in [0, 0.1) is 0 Å². The topological polar surface area (TPSA) is 77.8 Å². The lowest BCUT2D eigenvalue weighted by atomic mass is 10.1. The zero-order valence-corrected chi connectivity index (χ0v) is 21.2. The summed E-state index contributed by atoms with van der Waals surface area (Å²) in [6.07, 6.45) is 2.91. The monoisotopic (exact) mass is 480 g/mol. The van der Waals surface area contributed by atoms with Crippen LogP contribution in [0.15, 0.2) is 42.5 Å². The number of ether oxygens (including phenoxy) is 3. The number of piperazine rings is 1. The summed E-state index contributed by atoms with van der Waals surface area (Å²) in [5.74, 6) is 3.30. The summed E-state index contributed by atoms with van der Waals surface area (Å²) in [5.41, 5.74) is 2.39. The van der Waals surface area contributed by atoms with E-state index in [-0.39, 0.29) is 6.04 Å². The zero-order chi connectivity index (χ0) is 24.6. The van der Waals surface area contributed by atoms with Crippen molar-refractivity contribution in [2.24, 2.45) is 0 Å². The van der Waals surface area contributed by atoms with Crippen molar-refractivity contribution in [1.29, 1.82) is 0 Å². The van der Waals surface area contributed by atoms with E-state index in [9.17, 15) is 0 Å². The summed E-state index contributed by atoms with van der Waals surface area (Å²) in [6.45, 7) is 6.82. The van der Waals surface area contributed by atoms with Crippen LogP contribution in [0.4, 0.5) is 5.69 Å². The second-order valence-electron chi connectivity index (χ2n) is 8.73. The van der Waals surface area contributed by atoms with Crippen molar-refractivity contribution >= 4 is 5.69 Å². The second-order valence-corrected chi connectivity index (χ2v) is 8.73. The maximum absolute atomic E-state index is 5.45. The zero-order valence-electron chi connectivity index (χ0n) is 21.2. The third-order valence-corrected chi connectivity index (χ3v) is 6.67. The third kappa shape index (κ3) is 5.85. The van der Waals surface area contributed by atoms with Crippen molar-refractivity contribution in [2.45, 2.75) is 38.8 Å². The molecule has 3 aromatic rings. The smallest absolute Gasteiger partial charge is 0.168 e. The molecule has 1 fully saturated rings. The molecule has 1 aliphatic heterocycles. The van der Waals surface area contributed by atoms with E-state index in [2.05, 4.69) is 50.4 Å². The summed E-state index contributed by atoms with van der Waals surface area (Å²) in [4.78, 5) is 4.96. The van der Waals surface area contributed by atoms with Crippen molar-refractivity contribution in [3.63, 3.8) is 0 Å². The molecule has 188 valence electrons. The molecule has 1 saturated heterocycles. The molecular weight excluding hydrogens is 444 g/mol. The number of hydrogen-bond donors (Lipinski definition) is 0. The van der Waals surface area contributed by atoms with Gasteiger partial charge in [-0.15, -0.1) is 5.10 Å². The molecule has 0 bridgehead atoms. The number of aryl methyl sites for hydroxylation is 2. The first-order chi connectivity index (χ1) is 17.2. The predicted molar refractivity (Wildman–Crippen MR) is 135 cm³/mol. The molecule has 0 N–H and O–H groups in total. The molecule has 35 heavy (non-hydrogen) atoms. The third-order valence-electron chi connectivity index (χ3n) is 6.67. The molecule has 1 aliphatic rings. The lowest BCUT2D eigenvalue weighted by Gasteiger charge is -2.39. The fourth-order valence-electron chi connectivity index (χ4n) is 4.71. The van der Waals surface area contributed by atoms with Gasteiger partial charge in [0.05, 0.1) is 27.4 Å². The Morgan fingerprint density at radius 1 is 0.886 bits per heavy atom. The van der Waals surface area contributed by atoms with Gasteiger partial charge < -0.3 is 19.1 Å². The van der Waals surface area contributed by atoms with Crippen molar-refractivity contribution < 1.29 is 14.2 Å². The average molecular weight is 481 g/mol. The van der Waals surface area contributed by atoms with Gasteiger partial charge in [0.25, 0.3) is 0 Å². The summed E-state index contributed by atoms with van der Waals surface area (Å²) >= 11 is 0. The number of nitrogens with zero attached hydrogens (tertiary/aromatic N) is 6. The SMILES string of the molecule is CCC[C@H](c1nnnn1CCc1ccc(OC)c(OC)c1)N1CCN(c2ccc(OC)cc2)CC1. The Labute approximate surface area is 207 Å². The second kappa shape index (κ2) is 11.9. The van der Waals surface area contributed by atoms with Gasteiger partial charge in [0, 0.05) is 38.4 Å². The highest BCUT2D eigenvalue weighted by atomic mass is 16.5. The molecule has 0 spiro atoms. The fraction of sp³-hybridized carbons (Fsp3) is 0.500. The molecule has 0 radical (unpaired) electrons. The standard InChI is InChI=1S/C26H36N6O3/c1-5-6-23(31-17-15-30(16-18-31)21-8-10-22(33-2)11-9-21)26-27-28-29-32(26)14-13-20-7-12-24(34-3)25(19-20)35-4/h7-12,19,23H,5-6,13-18H2,1-4H3/t23-/m1/s1. The number of aromatic nitrogens is 4. The Morgan fingerprint density at radius 2 is 1.63 bits per heavy atom. The Balaban J connectivity index is 1.41. The summed E-state index contributed by atoms with van der Waals surface area (Å²) in [6, 6.07) is 14.5. The van der Waals surface area contributed by atoms with Gasteiger partial charge in [0.2, 0.25) is 0 Å². The first-order valence-corrected chi connectivity index (χ1v) is 12.3. The van der Waals surface area contributed by atoms with E-state index in [1.165, 1.54) is 5.69 Å². The van der Waals surface area contributed by atoms with Gasteiger partial charge >= 0.3 is 0 Å². The average Bonchev–Trinajstić information content (AvgIpc) is 3.38. The van der Waals surface area contributed by atoms with Crippen LogP contribution >= 0.6 is 0 Å². The maximum atomic E-state index is 5.45. The van der Waals surface area contributed by atoms with E-state index in [0.717, 1.165) is 74.1 Å². The predicted octanol–water partition coefficient (Wildman–Crippen LogP) is 3.61. The number of methoxy groups -OCH3 is 3. The Morgan fingerprint density at radius 3 is 2.29 bits per heavy atom.